The predicted octanol–water partition coefficient (Wildman–Crippen LogP) is 1.90. The number of aliphatic hydroxyl groups excluding tert-OH is 1. The van der Waals surface area contributed by atoms with Crippen LogP contribution in [0.25, 0.3) is 0 Å². The Kier molecular flexibility index (Phi) is 5.96. The van der Waals surface area contributed by atoms with Crippen molar-refractivity contribution in [1.29, 1.82) is 0 Å². The van der Waals surface area contributed by atoms with Gasteiger partial charge >= 0.3 is 10.3 Å². The molecule has 0 bridgehead atoms. The zero-order valence-electron chi connectivity index (χ0n) is 16.3. The Hall–Kier alpha value is -1.87. The summed E-state index contributed by atoms with van der Waals surface area (Å²) in [6.07, 6.45) is 6.11. The van der Waals surface area contributed by atoms with Crippen molar-refractivity contribution in [2.75, 3.05) is 6.61 Å². The monoisotopic (exact) mass is 417 g/mol. The molecule has 1 aromatic heterocycles. The lowest BCUT2D eigenvalue weighted by molar-refractivity contribution is 0.128. The van der Waals surface area contributed by atoms with Crippen molar-refractivity contribution in [3.05, 3.63) is 59.2 Å². The smallest absolute Gasteiger partial charge is 0.333 e. The van der Waals surface area contributed by atoms with Gasteiger partial charge in [-0.15, -0.1) is 0 Å². The molecule has 29 heavy (non-hydrogen) atoms. The molecule has 0 spiro atoms. The van der Waals surface area contributed by atoms with E-state index in [0.717, 1.165) is 30.7 Å². The molecule has 1 saturated carbocycles. The molecule has 156 valence electrons. The van der Waals surface area contributed by atoms with E-state index < -0.39 is 16.4 Å². The second-order valence-electron chi connectivity index (χ2n) is 8.29. The zero-order chi connectivity index (χ0) is 20.4. The van der Waals surface area contributed by atoms with Crippen molar-refractivity contribution in [2.45, 2.75) is 50.5 Å². The third-order valence-electron chi connectivity index (χ3n) is 6.19. The van der Waals surface area contributed by atoms with E-state index >= 15 is 0 Å². The predicted molar refractivity (Wildman–Crippen MR) is 108 cm³/mol. The maximum Gasteiger partial charge on any atom is 0.333 e. The minimum atomic E-state index is -3.95. The molecule has 2 aliphatic rings. The van der Waals surface area contributed by atoms with Crippen LogP contribution in [0.5, 0.6) is 0 Å². The first-order valence-electron chi connectivity index (χ1n) is 10.1. The van der Waals surface area contributed by atoms with Crippen LogP contribution in [0.4, 0.5) is 0 Å². The molecule has 0 amide bonds. The summed E-state index contributed by atoms with van der Waals surface area (Å²) in [4.78, 5) is 8.86. The van der Waals surface area contributed by atoms with E-state index in [1.165, 1.54) is 11.1 Å². The van der Waals surface area contributed by atoms with Crippen molar-refractivity contribution in [1.82, 2.24) is 9.97 Å². The third kappa shape index (κ3) is 5.19. The Morgan fingerprint density at radius 1 is 1.14 bits per heavy atom. The first-order chi connectivity index (χ1) is 13.9. The number of nitrogens with two attached hydrogens (primary N) is 1. The van der Waals surface area contributed by atoms with E-state index in [-0.39, 0.29) is 18.4 Å². The molecule has 4 rings (SSSR count). The van der Waals surface area contributed by atoms with E-state index in [0.29, 0.717) is 25.2 Å². The first-order valence-corrected chi connectivity index (χ1v) is 11.6. The fourth-order valence-electron chi connectivity index (χ4n) is 4.81. The summed E-state index contributed by atoms with van der Waals surface area (Å²) in [7, 11) is -3.95. The molecule has 8 heteroatoms. The molecule has 1 heterocycles. The fraction of sp³-hybridized carbons (Fsp3) is 0.524. The average Bonchev–Trinajstić information content (AvgIpc) is 3.24. The summed E-state index contributed by atoms with van der Waals surface area (Å²) < 4.78 is 26.6. The van der Waals surface area contributed by atoms with Gasteiger partial charge in [0.25, 0.3) is 0 Å². The molecule has 1 unspecified atom stereocenters. The molecule has 7 nitrogen and oxygen atoms in total. The van der Waals surface area contributed by atoms with Crippen LogP contribution >= 0.6 is 0 Å². The Labute approximate surface area is 171 Å². The minimum Gasteiger partial charge on any atom is -0.393 e. The van der Waals surface area contributed by atoms with Crippen LogP contribution in [0, 0.1) is 11.8 Å². The minimum absolute atomic E-state index is 0.0164. The molecule has 2 aliphatic carbocycles. The van der Waals surface area contributed by atoms with Crippen LogP contribution in [0.3, 0.4) is 0 Å². The second kappa shape index (κ2) is 8.47. The van der Waals surface area contributed by atoms with E-state index in [1.807, 2.05) is 6.07 Å². The Morgan fingerprint density at radius 3 is 2.69 bits per heavy atom. The molecular formula is C21H27N3O4S. The van der Waals surface area contributed by atoms with Crippen LogP contribution in [-0.2, 0) is 33.7 Å². The highest BCUT2D eigenvalue weighted by molar-refractivity contribution is 7.84. The Balaban J connectivity index is 1.37. The van der Waals surface area contributed by atoms with Gasteiger partial charge < -0.3 is 5.11 Å². The SMILES string of the molecule is NS(=O)(=O)OC[C@H]1C[C@@H](Cc2cc(CC3CCc4ccccc43)ncn2)[C@H](O)C1. The Morgan fingerprint density at radius 2 is 1.90 bits per heavy atom. The molecule has 4 atom stereocenters. The molecule has 1 fully saturated rings. The number of aliphatic hydroxyl groups is 1. The molecule has 0 radical (unpaired) electrons. The van der Waals surface area contributed by atoms with Crippen LogP contribution < -0.4 is 5.14 Å². The van der Waals surface area contributed by atoms with Crippen LogP contribution in [0.2, 0.25) is 0 Å². The first kappa shape index (κ1) is 20.4. The van der Waals surface area contributed by atoms with Gasteiger partial charge in [0.15, 0.2) is 0 Å². The van der Waals surface area contributed by atoms with Crippen LogP contribution in [-0.4, -0.2) is 36.2 Å². The quantitative estimate of drug-likeness (QED) is 0.711. The van der Waals surface area contributed by atoms with Crippen molar-refractivity contribution in [2.24, 2.45) is 17.0 Å². The normalized spacial score (nSPS) is 26.6. The molecule has 0 aliphatic heterocycles. The number of fused-ring (bicyclic) bond motifs is 1. The van der Waals surface area contributed by atoms with E-state index in [9.17, 15) is 13.5 Å². The third-order valence-corrected chi connectivity index (χ3v) is 6.65. The van der Waals surface area contributed by atoms with Crippen LogP contribution in [0.1, 0.15) is 47.7 Å². The van der Waals surface area contributed by atoms with Gasteiger partial charge in [-0.25, -0.2) is 15.1 Å². The summed E-state index contributed by atoms with van der Waals surface area (Å²) in [5.74, 6) is 0.495. The number of benzene rings is 1. The summed E-state index contributed by atoms with van der Waals surface area (Å²) in [5.41, 5.74) is 4.81. The van der Waals surface area contributed by atoms with E-state index in [2.05, 4.69) is 34.2 Å². The summed E-state index contributed by atoms with van der Waals surface area (Å²) >= 11 is 0. The maximum atomic E-state index is 11.0. The molecule has 1 aromatic carbocycles. The molecule has 0 saturated heterocycles. The van der Waals surface area contributed by atoms with E-state index in [1.54, 1.807) is 6.33 Å². The topological polar surface area (TPSA) is 115 Å². The number of nitrogens with zero attached hydrogens (tertiary/aromatic N) is 2. The van der Waals surface area contributed by atoms with Crippen molar-refractivity contribution < 1.29 is 17.7 Å². The lowest BCUT2D eigenvalue weighted by Gasteiger charge is -2.15. The summed E-state index contributed by atoms with van der Waals surface area (Å²) in [5, 5.41) is 15.3. The lowest BCUT2D eigenvalue weighted by atomic mass is 9.94. The second-order valence-corrected chi connectivity index (χ2v) is 9.51. The lowest BCUT2D eigenvalue weighted by Crippen LogP contribution is -2.19. The zero-order valence-corrected chi connectivity index (χ0v) is 17.1. The van der Waals surface area contributed by atoms with Gasteiger partial charge in [0.05, 0.1) is 12.7 Å². The largest absolute Gasteiger partial charge is 0.393 e. The van der Waals surface area contributed by atoms with Gasteiger partial charge in [0, 0.05) is 11.4 Å². The molecule has 3 N–H and O–H groups in total. The average molecular weight is 418 g/mol. The highest BCUT2D eigenvalue weighted by atomic mass is 32.2. The summed E-state index contributed by atoms with van der Waals surface area (Å²) in [6.45, 7) is 0.0164. The van der Waals surface area contributed by atoms with Gasteiger partial charge in [0.1, 0.15) is 6.33 Å². The number of hydrogen-bond acceptors (Lipinski definition) is 6. The highest BCUT2D eigenvalue weighted by Gasteiger charge is 2.34. The van der Waals surface area contributed by atoms with Gasteiger partial charge in [-0.05, 0) is 73.5 Å². The summed E-state index contributed by atoms with van der Waals surface area (Å²) in [6, 6.07) is 10.7. The highest BCUT2D eigenvalue weighted by Crippen LogP contribution is 2.36. The molecular weight excluding hydrogens is 390 g/mol. The number of rotatable bonds is 7. The van der Waals surface area contributed by atoms with Crippen molar-refractivity contribution in [3.8, 4) is 0 Å². The standard InChI is InChI=1S/C21H27N3O4S/c22-29(26,27)28-12-14-7-17(21(25)8-14)10-19-11-18(23-13-24-19)9-16-6-5-15-3-1-2-4-20(15)16/h1-4,11,13-14,16-17,21,25H,5-10,12H2,(H2,22,26,27)/t14-,16?,17-,21+/m0/s1. The van der Waals surface area contributed by atoms with Crippen LogP contribution in [0.15, 0.2) is 36.7 Å². The Bertz CT molecular complexity index is 966. The van der Waals surface area contributed by atoms with Gasteiger partial charge in [-0.2, -0.15) is 8.42 Å². The van der Waals surface area contributed by atoms with E-state index in [4.69, 9.17) is 9.32 Å². The van der Waals surface area contributed by atoms with Gasteiger partial charge in [-0.1, -0.05) is 24.3 Å². The maximum absolute atomic E-state index is 11.0. The fourth-order valence-corrected chi connectivity index (χ4v) is 5.19. The van der Waals surface area contributed by atoms with Crippen molar-refractivity contribution >= 4 is 10.3 Å². The van der Waals surface area contributed by atoms with Gasteiger partial charge in [0.2, 0.25) is 0 Å². The number of aromatic nitrogens is 2. The number of aryl methyl sites for hydroxylation is 1. The van der Waals surface area contributed by atoms with Crippen molar-refractivity contribution in [3.63, 3.8) is 0 Å². The number of hydrogen-bond donors (Lipinski definition) is 2. The van der Waals surface area contributed by atoms with Gasteiger partial charge in [-0.3, -0.25) is 4.18 Å². The molecule has 2 aromatic rings.